The van der Waals surface area contributed by atoms with Crippen molar-refractivity contribution >= 4 is 11.9 Å². The molecule has 1 atom stereocenters. The van der Waals surface area contributed by atoms with Crippen molar-refractivity contribution in [1.82, 2.24) is 15.5 Å². The molecule has 134 valence electrons. The van der Waals surface area contributed by atoms with Crippen LogP contribution in [0.25, 0.3) is 0 Å². The lowest BCUT2D eigenvalue weighted by Gasteiger charge is -2.35. The molecule has 0 bridgehead atoms. The molecule has 0 aromatic heterocycles. The molecule has 1 fully saturated rings. The molecule has 0 aromatic rings. The second kappa shape index (κ2) is 7.37. The highest BCUT2D eigenvalue weighted by molar-refractivity contribution is 5.87. The number of nitrogens with two attached hydrogens (primary N) is 1. The maximum Gasteiger partial charge on any atom is 0.401 e. The molecule has 0 radical (unpaired) electrons. The average molecular weight is 338 g/mol. The highest BCUT2D eigenvalue weighted by Crippen LogP contribution is 2.22. The highest BCUT2D eigenvalue weighted by Gasteiger charge is 2.35. The minimum absolute atomic E-state index is 0.202. The molecule has 1 aliphatic rings. The topological polar surface area (TPSA) is 87.5 Å². The Balaban J connectivity index is 2.53. The first-order valence-corrected chi connectivity index (χ1v) is 7.54. The van der Waals surface area contributed by atoms with Gasteiger partial charge in [0.05, 0.1) is 6.54 Å². The van der Waals surface area contributed by atoms with Gasteiger partial charge in [0.15, 0.2) is 0 Å². The van der Waals surface area contributed by atoms with Crippen molar-refractivity contribution in [3.63, 3.8) is 0 Å². The normalized spacial score (nSPS) is 19.2. The maximum absolute atomic E-state index is 12.3. The van der Waals surface area contributed by atoms with Crippen LogP contribution in [-0.2, 0) is 4.79 Å². The van der Waals surface area contributed by atoms with Gasteiger partial charge in [-0.2, -0.15) is 13.2 Å². The van der Waals surface area contributed by atoms with E-state index in [1.807, 2.05) is 0 Å². The second-order valence-electron chi connectivity index (χ2n) is 6.98. The predicted octanol–water partition coefficient (Wildman–Crippen LogP) is 1.21. The number of primary amides is 1. The molecule has 0 aliphatic carbocycles. The molecule has 1 saturated heterocycles. The lowest BCUT2D eigenvalue weighted by molar-refractivity contribution is -0.148. The number of carbonyl (C=O) groups is 2. The summed E-state index contributed by atoms with van der Waals surface area (Å²) in [6.07, 6.45) is -3.33. The summed E-state index contributed by atoms with van der Waals surface area (Å²) in [7, 11) is 0. The summed E-state index contributed by atoms with van der Waals surface area (Å²) in [6.45, 7) is 4.99. The van der Waals surface area contributed by atoms with Crippen molar-refractivity contribution in [2.24, 2.45) is 11.1 Å². The fourth-order valence-electron chi connectivity index (χ4n) is 2.59. The number of nitrogens with zero attached hydrogens (tertiary/aromatic N) is 1. The van der Waals surface area contributed by atoms with Crippen LogP contribution >= 0.6 is 0 Å². The number of likely N-dealkylation sites (tertiary alicyclic amines) is 1. The van der Waals surface area contributed by atoms with E-state index in [4.69, 9.17) is 5.73 Å². The van der Waals surface area contributed by atoms with E-state index in [0.29, 0.717) is 12.8 Å². The number of amides is 3. The number of halogens is 3. The van der Waals surface area contributed by atoms with Gasteiger partial charge in [-0.3, -0.25) is 9.69 Å². The van der Waals surface area contributed by atoms with E-state index in [1.165, 1.54) is 4.90 Å². The van der Waals surface area contributed by atoms with Gasteiger partial charge in [-0.15, -0.1) is 0 Å². The summed E-state index contributed by atoms with van der Waals surface area (Å²) < 4.78 is 37.0. The average Bonchev–Trinajstić information content (AvgIpc) is 2.35. The number of hydrogen-bond acceptors (Lipinski definition) is 3. The Kier molecular flexibility index (Phi) is 6.26. The van der Waals surface area contributed by atoms with Crippen molar-refractivity contribution in [2.45, 2.75) is 51.9 Å². The maximum atomic E-state index is 12.3. The minimum atomic E-state index is -4.21. The molecule has 1 unspecified atom stereocenters. The number of carbonyl (C=O) groups excluding carboxylic acids is 2. The molecule has 1 rings (SSSR count). The van der Waals surface area contributed by atoms with Gasteiger partial charge in [-0.05, 0) is 18.3 Å². The number of alkyl halides is 3. The van der Waals surface area contributed by atoms with E-state index in [9.17, 15) is 22.8 Å². The standard InChI is InChI=1S/C14H25F3N4O2/c1-13(2,3)10(20-12(18)23)11(22)19-9-4-6-21(7-5-9)8-14(15,16)17/h9-10H,4-8H2,1-3H3,(H,19,22)(H3,18,20,23). The van der Waals surface area contributed by atoms with Crippen LogP contribution in [0.4, 0.5) is 18.0 Å². The summed E-state index contributed by atoms with van der Waals surface area (Å²) in [4.78, 5) is 24.7. The van der Waals surface area contributed by atoms with Gasteiger partial charge in [0, 0.05) is 19.1 Å². The fraction of sp³-hybridized carbons (Fsp3) is 0.857. The van der Waals surface area contributed by atoms with Crippen LogP contribution < -0.4 is 16.4 Å². The molecule has 0 saturated carbocycles. The van der Waals surface area contributed by atoms with Crippen LogP contribution in [-0.4, -0.2) is 54.7 Å². The van der Waals surface area contributed by atoms with Gasteiger partial charge >= 0.3 is 12.2 Å². The third-order valence-corrected chi connectivity index (χ3v) is 3.75. The first-order valence-electron chi connectivity index (χ1n) is 7.54. The Morgan fingerprint density at radius 3 is 2.13 bits per heavy atom. The summed E-state index contributed by atoms with van der Waals surface area (Å²) in [5.74, 6) is -0.370. The number of rotatable bonds is 4. The molecule has 1 heterocycles. The summed E-state index contributed by atoms with van der Waals surface area (Å²) in [5.41, 5.74) is 4.56. The Morgan fingerprint density at radius 2 is 1.74 bits per heavy atom. The van der Waals surface area contributed by atoms with E-state index < -0.39 is 30.2 Å². The SMILES string of the molecule is CC(C)(C)C(NC(N)=O)C(=O)NC1CCN(CC(F)(F)F)CC1. The Morgan fingerprint density at radius 1 is 1.22 bits per heavy atom. The van der Waals surface area contributed by atoms with Gasteiger partial charge in [-0.1, -0.05) is 20.8 Å². The van der Waals surface area contributed by atoms with Crippen LogP contribution in [0.2, 0.25) is 0 Å². The largest absolute Gasteiger partial charge is 0.401 e. The van der Waals surface area contributed by atoms with E-state index in [0.717, 1.165) is 0 Å². The van der Waals surface area contributed by atoms with Crippen LogP contribution in [0, 0.1) is 5.41 Å². The minimum Gasteiger partial charge on any atom is -0.352 e. The van der Waals surface area contributed by atoms with Gasteiger partial charge in [-0.25, -0.2) is 4.79 Å². The van der Waals surface area contributed by atoms with Crippen molar-refractivity contribution in [1.29, 1.82) is 0 Å². The quantitative estimate of drug-likeness (QED) is 0.720. The number of hydrogen-bond donors (Lipinski definition) is 3. The molecule has 23 heavy (non-hydrogen) atoms. The zero-order valence-corrected chi connectivity index (χ0v) is 13.7. The van der Waals surface area contributed by atoms with Gasteiger partial charge < -0.3 is 16.4 Å². The lowest BCUT2D eigenvalue weighted by atomic mass is 9.86. The highest BCUT2D eigenvalue weighted by atomic mass is 19.4. The van der Waals surface area contributed by atoms with Crippen LogP contribution in [0.5, 0.6) is 0 Å². The lowest BCUT2D eigenvalue weighted by Crippen LogP contribution is -2.57. The van der Waals surface area contributed by atoms with E-state index in [1.54, 1.807) is 20.8 Å². The second-order valence-corrected chi connectivity index (χ2v) is 6.98. The molecule has 3 amide bonds. The molecule has 1 aliphatic heterocycles. The van der Waals surface area contributed by atoms with E-state index in [-0.39, 0.29) is 25.0 Å². The van der Waals surface area contributed by atoms with E-state index in [2.05, 4.69) is 10.6 Å². The van der Waals surface area contributed by atoms with Gasteiger partial charge in [0.25, 0.3) is 0 Å². The van der Waals surface area contributed by atoms with Crippen molar-refractivity contribution in [3.05, 3.63) is 0 Å². The fourth-order valence-corrected chi connectivity index (χ4v) is 2.59. The first-order chi connectivity index (χ1) is 10.4. The summed E-state index contributed by atoms with van der Waals surface area (Å²) in [5, 5.41) is 5.21. The Bertz CT molecular complexity index is 427. The molecule has 0 aromatic carbocycles. The number of urea groups is 1. The molecule has 4 N–H and O–H groups in total. The molecule has 6 nitrogen and oxygen atoms in total. The van der Waals surface area contributed by atoms with Crippen molar-refractivity contribution in [3.8, 4) is 0 Å². The van der Waals surface area contributed by atoms with Crippen LogP contribution in [0.15, 0.2) is 0 Å². The summed E-state index contributed by atoms with van der Waals surface area (Å²) in [6, 6.07) is -1.79. The van der Waals surface area contributed by atoms with Crippen LogP contribution in [0.3, 0.4) is 0 Å². The van der Waals surface area contributed by atoms with Crippen LogP contribution in [0.1, 0.15) is 33.6 Å². The summed E-state index contributed by atoms with van der Waals surface area (Å²) >= 11 is 0. The number of piperidine rings is 1. The van der Waals surface area contributed by atoms with Gasteiger partial charge in [0.1, 0.15) is 6.04 Å². The third-order valence-electron chi connectivity index (χ3n) is 3.75. The predicted molar refractivity (Wildman–Crippen MR) is 79.6 cm³/mol. The van der Waals surface area contributed by atoms with E-state index >= 15 is 0 Å². The third kappa shape index (κ3) is 7.06. The van der Waals surface area contributed by atoms with Crippen molar-refractivity contribution in [2.75, 3.05) is 19.6 Å². The monoisotopic (exact) mass is 338 g/mol. The first kappa shape index (κ1) is 19.5. The Hall–Kier alpha value is -1.51. The molecular formula is C14H25F3N4O2. The van der Waals surface area contributed by atoms with Gasteiger partial charge in [0.2, 0.25) is 5.91 Å². The molecule has 0 spiro atoms. The zero-order valence-electron chi connectivity index (χ0n) is 13.7. The van der Waals surface area contributed by atoms with Crippen molar-refractivity contribution < 1.29 is 22.8 Å². The smallest absolute Gasteiger partial charge is 0.352 e. The number of nitrogens with one attached hydrogen (secondary N) is 2. The molecular weight excluding hydrogens is 313 g/mol. The zero-order chi connectivity index (χ0) is 17.8. The molecule has 9 heteroatoms. The Labute approximate surface area is 133 Å².